The van der Waals surface area contributed by atoms with Gasteiger partial charge in [0.15, 0.2) is 0 Å². The molecule has 1 aliphatic rings. The standard InChI is InChI=1S/C14H18N4O3/c15-9-11-8-13(3-4-14(11)18(20)21)17(6-7-19)10-12-2-1-5-16-12/h3-4,8,12,16,19H,1-2,5-7,10H2. The van der Waals surface area contributed by atoms with E-state index >= 15 is 0 Å². The summed E-state index contributed by atoms with van der Waals surface area (Å²) >= 11 is 0. The molecule has 112 valence electrons. The molecular weight excluding hydrogens is 272 g/mol. The SMILES string of the molecule is N#Cc1cc(N(CCO)CC2CCCN2)ccc1[N+](=O)[O-]. The van der Waals surface area contributed by atoms with Crippen molar-refractivity contribution in [1.29, 1.82) is 5.26 Å². The summed E-state index contributed by atoms with van der Waals surface area (Å²) in [6.45, 7) is 2.12. The average molecular weight is 290 g/mol. The van der Waals surface area contributed by atoms with Gasteiger partial charge < -0.3 is 15.3 Å². The average Bonchev–Trinajstić information content (AvgIpc) is 2.99. The highest BCUT2D eigenvalue weighted by Gasteiger charge is 2.20. The van der Waals surface area contributed by atoms with Gasteiger partial charge in [-0.15, -0.1) is 0 Å². The van der Waals surface area contributed by atoms with E-state index in [-0.39, 0.29) is 17.9 Å². The normalized spacial score (nSPS) is 17.4. The van der Waals surface area contributed by atoms with Gasteiger partial charge in [-0.1, -0.05) is 0 Å². The van der Waals surface area contributed by atoms with E-state index in [9.17, 15) is 15.2 Å². The first-order valence-corrected chi connectivity index (χ1v) is 6.93. The van der Waals surface area contributed by atoms with Crippen LogP contribution in [0, 0.1) is 21.4 Å². The lowest BCUT2D eigenvalue weighted by atomic mass is 10.1. The van der Waals surface area contributed by atoms with Crippen molar-refractivity contribution in [2.75, 3.05) is 31.1 Å². The fourth-order valence-corrected chi connectivity index (χ4v) is 2.59. The molecule has 0 spiro atoms. The summed E-state index contributed by atoms with van der Waals surface area (Å²) in [6, 6.07) is 6.70. The lowest BCUT2D eigenvalue weighted by Crippen LogP contribution is -2.39. The summed E-state index contributed by atoms with van der Waals surface area (Å²) < 4.78 is 0. The first-order chi connectivity index (χ1) is 10.2. The number of nitrogens with one attached hydrogen (secondary N) is 1. The van der Waals surface area contributed by atoms with E-state index in [2.05, 4.69) is 5.32 Å². The van der Waals surface area contributed by atoms with Crippen LogP contribution >= 0.6 is 0 Å². The molecule has 2 rings (SSSR count). The molecule has 2 N–H and O–H groups in total. The largest absolute Gasteiger partial charge is 0.395 e. The number of anilines is 1. The van der Waals surface area contributed by atoms with Crippen LogP contribution < -0.4 is 10.2 Å². The Kier molecular flexibility index (Phi) is 5.09. The van der Waals surface area contributed by atoms with Crippen molar-refractivity contribution < 1.29 is 10.0 Å². The summed E-state index contributed by atoms with van der Waals surface area (Å²) in [4.78, 5) is 12.3. The number of hydrogen-bond acceptors (Lipinski definition) is 6. The summed E-state index contributed by atoms with van der Waals surface area (Å²) in [6.07, 6.45) is 2.20. The minimum absolute atomic E-state index is 0.00834. The molecular formula is C14H18N4O3. The van der Waals surface area contributed by atoms with Gasteiger partial charge in [-0.3, -0.25) is 10.1 Å². The lowest BCUT2D eigenvalue weighted by molar-refractivity contribution is -0.385. The molecule has 0 saturated carbocycles. The second kappa shape index (κ2) is 7.02. The maximum atomic E-state index is 10.9. The number of benzene rings is 1. The lowest BCUT2D eigenvalue weighted by Gasteiger charge is -2.27. The Bertz CT molecular complexity index is 550. The Labute approximate surface area is 122 Å². The van der Waals surface area contributed by atoms with Crippen LogP contribution in [0.1, 0.15) is 18.4 Å². The smallest absolute Gasteiger partial charge is 0.287 e. The molecule has 0 bridgehead atoms. The third-order valence-corrected chi connectivity index (χ3v) is 3.64. The van der Waals surface area contributed by atoms with Crippen LogP contribution in [0.4, 0.5) is 11.4 Å². The Morgan fingerprint density at radius 2 is 2.38 bits per heavy atom. The summed E-state index contributed by atoms with van der Waals surface area (Å²) in [5.74, 6) is 0. The Morgan fingerprint density at radius 1 is 1.57 bits per heavy atom. The zero-order valence-electron chi connectivity index (χ0n) is 11.7. The maximum absolute atomic E-state index is 10.9. The predicted molar refractivity (Wildman–Crippen MR) is 78.1 cm³/mol. The van der Waals surface area contributed by atoms with Crippen molar-refractivity contribution in [3.63, 3.8) is 0 Å². The zero-order chi connectivity index (χ0) is 15.2. The molecule has 1 fully saturated rings. The Balaban J connectivity index is 2.23. The summed E-state index contributed by atoms with van der Waals surface area (Å²) in [5.41, 5.74) is 0.573. The Morgan fingerprint density at radius 3 is 2.95 bits per heavy atom. The molecule has 0 radical (unpaired) electrons. The molecule has 1 aliphatic heterocycles. The van der Waals surface area contributed by atoms with Gasteiger partial charge in [-0.05, 0) is 31.5 Å². The first kappa shape index (κ1) is 15.2. The van der Waals surface area contributed by atoms with Crippen LogP contribution in [0.25, 0.3) is 0 Å². The van der Waals surface area contributed by atoms with Gasteiger partial charge >= 0.3 is 0 Å². The van der Waals surface area contributed by atoms with Crippen molar-refractivity contribution in [3.05, 3.63) is 33.9 Å². The van der Waals surface area contributed by atoms with E-state index in [0.29, 0.717) is 19.1 Å². The van der Waals surface area contributed by atoms with Gasteiger partial charge in [0.2, 0.25) is 0 Å². The van der Waals surface area contributed by atoms with Crippen molar-refractivity contribution in [1.82, 2.24) is 5.32 Å². The third kappa shape index (κ3) is 3.68. The molecule has 1 unspecified atom stereocenters. The van der Waals surface area contributed by atoms with Crippen molar-refractivity contribution in [3.8, 4) is 6.07 Å². The molecule has 1 atom stereocenters. The second-order valence-corrected chi connectivity index (χ2v) is 5.03. The van der Waals surface area contributed by atoms with E-state index in [1.807, 2.05) is 11.0 Å². The van der Waals surface area contributed by atoms with Crippen molar-refractivity contribution in [2.24, 2.45) is 0 Å². The molecule has 1 aromatic rings. The van der Waals surface area contributed by atoms with Crippen LogP contribution in [-0.4, -0.2) is 42.3 Å². The molecule has 7 heteroatoms. The molecule has 0 aliphatic carbocycles. The monoisotopic (exact) mass is 290 g/mol. The quantitative estimate of drug-likeness (QED) is 0.599. The Hall–Kier alpha value is -2.17. The topological polar surface area (TPSA) is 102 Å². The third-order valence-electron chi connectivity index (χ3n) is 3.64. The van der Waals surface area contributed by atoms with Crippen molar-refractivity contribution in [2.45, 2.75) is 18.9 Å². The van der Waals surface area contributed by atoms with Crippen molar-refractivity contribution >= 4 is 11.4 Å². The number of aliphatic hydroxyl groups is 1. The van der Waals surface area contributed by atoms with Gasteiger partial charge in [-0.25, -0.2) is 0 Å². The highest BCUT2D eigenvalue weighted by atomic mass is 16.6. The molecule has 1 heterocycles. The van der Waals surface area contributed by atoms with Crippen LogP contribution in [-0.2, 0) is 0 Å². The number of nitrogens with zero attached hydrogens (tertiary/aromatic N) is 3. The summed E-state index contributed by atoms with van der Waals surface area (Å²) in [5, 5.41) is 32.5. The number of nitro groups is 1. The second-order valence-electron chi connectivity index (χ2n) is 5.03. The molecule has 0 aromatic heterocycles. The van der Waals surface area contributed by atoms with Crippen LogP contribution in [0.2, 0.25) is 0 Å². The fraction of sp³-hybridized carbons (Fsp3) is 0.500. The van der Waals surface area contributed by atoms with E-state index < -0.39 is 4.92 Å². The van der Waals surface area contributed by atoms with Gasteiger partial charge in [0, 0.05) is 30.9 Å². The number of nitriles is 1. The van der Waals surface area contributed by atoms with E-state index in [4.69, 9.17) is 5.26 Å². The molecule has 7 nitrogen and oxygen atoms in total. The van der Waals surface area contributed by atoms with Crippen LogP contribution in [0.5, 0.6) is 0 Å². The minimum Gasteiger partial charge on any atom is -0.395 e. The highest BCUT2D eigenvalue weighted by molar-refractivity contribution is 5.60. The molecule has 0 amide bonds. The van der Waals surface area contributed by atoms with E-state index in [0.717, 1.165) is 25.1 Å². The number of nitro benzene ring substituents is 1. The predicted octanol–water partition coefficient (Wildman–Crippen LogP) is 1.02. The van der Waals surface area contributed by atoms with Gasteiger partial charge in [0.05, 0.1) is 11.5 Å². The number of hydrogen-bond donors (Lipinski definition) is 2. The van der Waals surface area contributed by atoms with Gasteiger partial charge in [0.25, 0.3) is 5.69 Å². The van der Waals surface area contributed by atoms with Gasteiger partial charge in [-0.2, -0.15) is 5.26 Å². The van der Waals surface area contributed by atoms with Gasteiger partial charge in [0.1, 0.15) is 11.6 Å². The number of rotatable bonds is 6. The fourth-order valence-electron chi connectivity index (χ4n) is 2.59. The molecule has 21 heavy (non-hydrogen) atoms. The van der Waals surface area contributed by atoms with E-state index in [1.165, 1.54) is 12.1 Å². The zero-order valence-corrected chi connectivity index (χ0v) is 11.7. The van der Waals surface area contributed by atoms with Crippen LogP contribution in [0.15, 0.2) is 18.2 Å². The summed E-state index contributed by atoms with van der Waals surface area (Å²) in [7, 11) is 0. The molecule has 1 saturated heterocycles. The number of aliphatic hydroxyl groups excluding tert-OH is 1. The van der Waals surface area contributed by atoms with Crippen LogP contribution in [0.3, 0.4) is 0 Å². The highest BCUT2D eigenvalue weighted by Crippen LogP contribution is 2.25. The minimum atomic E-state index is -0.558. The maximum Gasteiger partial charge on any atom is 0.287 e. The first-order valence-electron chi connectivity index (χ1n) is 6.93. The van der Waals surface area contributed by atoms with E-state index in [1.54, 1.807) is 6.07 Å². The molecule has 1 aromatic carbocycles.